The first-order valence-electron chi connectivity index (χ1n) is 7.19. The molecule has 1 atom stereocenters. The van der Waals surface area contributed by atoms with E-state index >= 15 is 0 Å². The molecule has 3 rings (SSSR count). The molecule has 22 heavy (non-hydrogen) atoms. The lowest BCUT2D eigenvalue weighted by Gasteiger charge is -2.13. The number of carbonyl (C=O) groups is 1. The second-order valence-corrected chi connectivity index (χ2v) is 8.45. The van der Waals surface area contributed by atoms with Crippen molar-refractivity contribution in [2.75, 3.05) is 19.7 Å². The van der Waals surface area contributed by atoms with Crippen molar-refractivity contribution in [3.8, 4) is 0 Å². The van der Waals surface area contributed by atoms with Gasteiger partial charge in [0.15, 0.2) is 0 Å². The molecule has 0 aliphatic carbocycles. The maximum atomic E-state index is 12.5. The predicted octanol–water partition coefficient (Wildman–Crippen LogP) is 0.549. The van der Waals surface area contributed by atoms with Gasteiger partial charge >= 0.3 is 5.97 Å². The van der Waals surface area contributed by atoms with Gasteiger partial charge in [0, 0.05) is 24.6 Å². The van der Waals surface area contributed by atoms with E-state index in [0.29, 0.717) is 31.7 Å². The van der Waals surface area contributed by atoms with Crippen LogP contribution in [0.2, 0.25) is 0 Å². The van der Waals surface area contributed by atoms with Crippen molar-refractivity contribution < 1.29 is 23.1 Å². The number of hydrogen-bond donors (Lipinski definition) is 3. The Hall–Kier alpha value is -1.00. The van der Waals surface area contributed by atoms with E-state index in [2.05, 4.69) is 10.0 Å². The van der Waals surface area contributed by atoms with E-state index in [4.69, 9.17) is 4.74 Å². The van der Waals surface area contributed by atoms with Gasteiger partial charge in [0.05, 0.1) is 11.7 Å². The van der Waals surface area contributed by atoms with Crippen LogP contribution < -0.4 is 10.0 Å². The molecule has 1 aromatic heterocycles. The number of fused-ring (bicyclic) bond motifs is 1. The van der Waals surface area contributed by atoms with Crippen LogP contribution in [0.1, 0.15) is 33.6 Å². The molecule has 1 fully saturated rings. The predicted molar refractivity (Wildman–Crippen MR) is 80.9 cm³/mol. The minimum Gasteiger partial charge on any atom is -0.478 e. The van der Waals surface area contributed by atoms with E-state index in [9.17, 15) is 18.3 Å². The zero-order chi connectivity index (χ0) is 15.7. The van der Waals surface area contributed by atoms with Crippen LogP contribution in [0.25, 0.3) is 0 Å². The first kappa shape index (κ1) is 15.9. The molecule has 7 nitrogen and oxygen atoms in total. The van der Waals surface area contributed by atoms with Gasteiger partial charge in [-0.05, 0) is 31.4 Å². The Kier molecular flexibility index (Phi) is 4.51. The van der Waals surface area contributed by atoms with Crippen molar-refractivity contribution in [3.05, 3.63) is 16.0 Å². The van der Waals surface area contributed by atoms with Gasteiger partial charge in [0.1, 0.15) is 4.21 Å². The lowest BCUT2D eigenvalue weighted by Crippen LogP contribution is -2.32. The number of hydrogen-bond acceptors (Lipinski definition) is 6. The fourth-order valence-corrected chi connectivity index (χ4v) is 5.76. The summed E-state index contributed by atoms with van der Waals surface area (Å²) >= 11 is 1.05. The van der Waals surface area contributed by atoms with Gasteiger partial charge in [0.25, 0.3) is 10.0 Å². The Balaban J connectivity index is 1.88. The summed E-state index contributed by atoms with van der Waals surface area (Å²) in [4.78, 5) is 12.3. The average Bonchev–Trinajstić information content (AvgIpc) is 3.12. The molecule has 9 heteroatoms. The molecule has 0 bridgehead atoms. The standard InChI is InChI=1S/C13H18N2O5S2/c16-12(17)11-9-3-4-14-7-10(9)21-13(11)22(18,19)15-6-8-2-1-5-20-8/h8,14-15H,1-7H2,(H,16,17)/t8-/m1/s1. The zero-order valence-electron chi connectivity index (χ0n) is 11.9. The zero-order valence-corrected chi connectivity index (χ0v) is 13.6. The van der Waals surface area contributed by atoms with E-state index in [0.717, 1.165) is 29.1 Å². The number of rotatable bonds is 5. The number of thiophene rings is 1. The van der Waals surface area contributed by atoms with Crippen molar-refractivity contribution in [3.63, 3.8) is 0 Å². The summed E-state index contributed by atoms with van der Waals surface area (Å²) in [7, 11) is -3.84. The maximum Gasteiger partial charge on any atom is 0.338 e. The van der Waals surface area contributed by atoms with E-state index in [1.165, 1.54) is 0 Å². The summed E-state index contributed by atoms with van der Waals surface area (Å²) in [6, 6.07) is 0. The molecule has 3 N–H and O–H groups in total. The number of aromatic carboxylic acids is 1. The Morgan fingerprint density at radius 2 is 2.32 bits per heavy atom. The van der Waals surface area contributed by atoms with Gasteiger partial charge < -0.3 is 15.2 Å². The molecule has 0 spiro atoms. The second-order valence-electron chi connectivity index (χ2n) is 5.39. The topological polar surface area (TPSA) is 105 Å². The van der Waals surface area contributed by atoms with Crippen molar-refractivity contribution in [2.24, 2.45) is 0 Å². The Morgan fingerprint density at radius 1 is 1.50 bits per heavy atom. The molecular formula is C13H18N2O5S2. The van der Waals surface area contributed by atoms with Gasteiger partial charge in [-0.15, -0.1) is 11.3 Å². The molecule has 1 aromatic rings. The molecule has 3 heterocycles. The molecule has 0 aromatic carbocycles. The van der Waals surface area contributed by atoms with Crippen LogP contribution in [0.4, 0.5) is 0 Å². The van der Waals surface area contributed by atoms with E-state index in [1.54, 1.807) is 0 Å². The Labute approximate surface area is 132 Å². The van der Waals surface area contributed by atoms with E-state index in [1.807, 2.05) is 0 Å². The van der Waals surface area contributed by atoms with Gasteiger partial charge in [-0.3, -0.25) is 0 Å². The molecular weight excluding hydrogens is 328 g/mol. The summed E-state index contributed by atoms with van der Waals surface area (Å²) in [6.45, 7) is 2.00. The van der Waals surface area contributed by atoms with Crippen LogP contribution in [-0.2, 0) is 27.7 Å². The third kappa shape index (κ3) is 3.04. The third-order valence-corrected chi connectivity index (χ3v) is 7.05. The van der Waals surface area contributed by atoms with Gasteiger partial charge in [0.2, 0.25) is 0 Å². The summed E-state index contributed by atoms with van der Waals surface area (Å²) in [5.74, 6) is -1.18. The molecule has 2 aliphatic heterocycles. The molecule has 0 radical (unpaired) electrons. The second kappa shape index (κ2) is 6.25. The highest BCUT2D eigenvalue weighted by atomic mass is 32.2. The van der Waals surface area contributed by atoms with E-state index < -0.39 is 16.0 Å². The van der Waals surface area contributed by atoms with Crippen LogP contribution in [0.5, 0.6) is 0 Å². The highest BCUT2D eigenvalue weighted by Gasteiger charge is 2.32. The highest BCUT2D eigenvalue weighted by Crippen LogP contribution is 2.34. The number of nitrogens with one attached hydrogen (secondary N) is 2. The summed E-state index contributed by atoms with van der Waals surface area (Å²) in [5.41, 5.74) is 0.579. The largest absolute Gasteiger partial charge is 0.478 e. The quantitative estimate of drug-likeness (QED) is 0.719. The van der Waals surface area contributed by atoms with E-state index in [-0.39, 0.29) is 22.4 Å². The number of sulfonamides is 1. The third-order valence-electron chi connectivity index (χ3n) is 3.88. The van der Waals surface area contributed by atoms with Gasteiger partial charge in [-0.25, -0.2) is 17.9 Å². The Bertz CT molecular complexity index is 677. The minimum atomic E-state index is -3.84. The number of ether oxygens (including phenoxy) is 1. The monoisotopic (exact) mass is 346 g/mol. The molecule has 1 saturated heterocycles. The first-order chi connectivity index (χ1) is 10.5. The molecule has 0 unspecified atom stereocenters. The SMILES string of the molecule is O=C(O)c1c(S(=O)(=O)NC[C@H]2CCCO2)sc2c1CCNC2. The molecule has 2 aliphatic rings. The fourth-order valence-electron chi connectivity index (χ4n) is 2.79. The molecule has 0 amide bonds. The minimum absolute atomic E-state index is 0.0682. The highest BCUT2D eigenvalue weighted by molar-refractivity contribution is 7.91. The van der Waals surface area contributed by atoms with Crippen LogP contribution in [0, 0.1) is 0 Å². The lowest BCUT2D eigenvalue weighted by atomic mass is 10.1. The average molecular weight is 346 g/mol. The van der Waals surface area contributed by atoms with Gasteiger partial charge in [-0.2, -0.15) is 0 Å². The van der Waals surface area contributed by atoms with Gasteiger partial charge in [-0.1, -0.05) is 0 Å². The first-order valence-corrected chi connectivity index (χ1v) is 9.49. The van der Waals surface area contributed by atoms with Crippen LogP contribution in [0.15, 0.2) is 4.21 Å². The summed E-state index contributed by atoms with van der Waals surface area (Å²) < 4.78 is 32.8. The van der Waals surface area contributed by atoms with Crippen molar-refractivity contribution in [2.45, 2.75) is 36.1 Å². The van der Waals surface area contributed by atoms with Crippen molar-refractivity contribution in [1.29, 1.82) is 0 Å². The van der Waals surface area contributed by atoms with Crippen LogP contribution in [0.3, 0.4) is 0 Å². The fraction of sp³-hybridized carbons (Fsp3) is 0.615. The summed E-state index contributed by atoms with van der Waals surface area (Å²) in [5, 5.41) is 12.6. The van der Waals surface area contributed by atoms with Crippen molar-refractivity contribution in [1.82, 2.24) is 10.0 Å². The van der Waals surface area contributed by atoms with Crippen LogP contribution in [-0.4, -0.2) is 45.3 Å². The molecule has 0 saturated carbocycles. The molecule has 122 valence electrons. The normalized spacial score (nSPS) is 21.7. The Morgan fingerprint density at radius 3 is 3.00 bits per heavy atom. The lowest BCUT2D eigenvalue weighted by molar-refractivity contribution is 0.0692. The number of carboxylic acid groups (broad SMARTS) is 1. The maximum absolute atomic E-state index is 12.5. The van der Waals surface area contributed by atoms with Crippen LogP contribution >= 0.6 is 11.3 Å². The summed E-state index contributed by atoms with van der Waals surface area (Å²) in [6.07, 6.45) is 2.15. The van der Waals surface area contributed by atoms with Crippen molar-refractivity contribution >= 4 is 27.3 Å². The smallest absolute Gasteiger partial charge is 0.338 e. The number of carboxylic acids is 1.